The molecule has 68 valence electrons. The Hall–Kier alpha value is -0.760. The van der Waals surface area contributed by atoms with Crippen LogP contribution < -0.4 is 4.90 Å². The number of anilines is 1. The van der Waals surface area contributed by atoms with Gasteiger partial charge in [0.2, 0.25) is 0 Å². The van der Waals surface area contributed by atoms with Crippen LogP contribution in [0.5, 0.6) is 0 Å². The van der Waals surface area contributed by atoms with Gasteiger partial charge in [-0.3, -0.25) is 4.98 Å². The summed E-state index contributed by atoms with van der Waals surface area (Å²) in [5.74, 6) is 0. The molecule has 0 amide bonds. The predicted octanol–water partition coefficient (Wildman–Crippen LogP) is 2.35. The van der Waals surface area contributed by atoms with Crippen LogP contribution in [0.15, 0.2) is 24.5 Å². The van der Waals surface area contributed by atoms with Crippen molar-refractivity contribution in [2.24, 2.45) is 0 Å². The minimum Gasteiger partial charge on any atom is -0.373 e. The molecule has 0 aliphatic carbocycles. The Morgan fingerprint density at radius 2 is 2.25 bits per heavy atom. The fraction of sp³-hybridized carbons (Fsp3) is 0.444. The average Bonchev–Trinajstić information content (AvgIpc) is 2.07. The zero-order valence-corrected chi connectivity index (χ0v) is 8.34. The summed E-state index contributed by atoms with van der Waals surface area (Å²) < 4.78 is 0. The van der Waals surface area contributed by atoms with Crippen molar-refractivity contribution in [2.45, 2.75) is 13.3 Å². The van der Waals surface area contributed by atoms with E-state index >= 15 is 0 Å². The van der Waals surface area contributed by atoms with Crippen molar-refractivity contribution in [1.29, 1.82) is 0 Å². The minimum atomic E-state index is 0. The number of pyridine rings is 1. The second kappa shape index (κ2) is 5.84. The van der Waals surface area contributed by atoms with E-state index in [0.29, 0.717) is 0 Å². The Balaban J connectivity index is 0.00000121. The molecule has 1 aromatic heterocycles. The maximum Gasteiger partial charge on any atom is 0.0550 e. The molecule has 0 saturated heterocycles. The molecular weight excluding hydrogens is 172 g/mol. The van der Waals surface area contributed by atoms with Gasteiger partial charge in [-0.1, -0.05) is 6.92 Å². The molecule has 0 saturated carbocycles. The summed E-state index contributed by atoms with van der Waals surface area (Å²) in [5.41, 5.74) is 1.19. The summed E-state index contributed by atoms with van der Waals surface area (Å²) in [6, 6.07) is 4.03. The van der Waals surface area contributed by atoms with Crippen LogP contribution >= 0.6 is 12.4 Å². The lowest BCUT2D eigenvalue weighted by Gasteiger charge is -2.16. The van der Waals surface area contributed by atoms with Crippen LogP contribution in [0.1, 0.15) is 13.3 Å². The van der Waals surface area contributed by atoms with E-state index in [0.717, 1.165) is 6.54 Å². The monoisotopic (exact) mass is 186 g/mol. The normalized spacial score (nSPS) is 8.83. The Labute approximate surface area is 80.0 Å². The molecular formula is C9H15ClN2. The maximum absolute atomic E-state index is 4.05. The standard InChI is InChI=1S/C9H14N2.ClH/c1-3-7-11(2)9-5-4-6-10-8-9;/h4-6,8H,3,7H2,1-2H3;1H. The van der Waals surface area contributed by atoms with Gasteiger partial charge in [-0.05, 0) is 18.6 Å². The molecule has 0 spiro atoms. The van der Waals surface area contributed by atoms with Gasteiger partial charge in [0.1, 0.15) is 0 Å². The topological polar surface area (TPSA) is 16.1 Å². The van der Waals surface area contributed by atoms with Gasteiger partial charge in [-0.2, -0.15) is 0 Å². The molecule has 2 nitrogen and oxygen atoms in total. The third-order valence-corrected chi connectivity index (χ3v) is 1.65. The van der Waals surface area contributed by atoms with Gasteiger partial charge < -0.3 is 4.90 Å². The Morgan fingerprint density at radius 3 is 2.75 bits per heavy atom. The van der Waals surface area contributed by atoms with Crippen LogP contribution in [0.25, 0.3) is 0 Å². The van der Waals surface area contributed by atoms with Crippen LogP contribution in [0.2, 0.25) is 0 Å². The molecule has 3 heteroatoms. The molecule has 0 radical (unpaired) electrons. The number of rotatable bonds is 3. The van der Waals surface area contributed by atoms with Gasteiger partial charge in [-0.25, -0.2) is 0 Å². The van der Waals surface area contributed by atoms with Gasteiger partial charge in [0.25, 0.3) is 0 Å². The van der Waals surface area contributed by atoms with Crippen molar-refractivity contribution in [2.75, 3.05) is 18.5 Å². The number of aromatic nitrogens is 1. The quantitative estimate of drug-likeness (QED) is 0.721. The number of hydrogen-bond acceptors (Lipinski definition) is 2. The molecule has 0 bridgehead atoms. The summed E-state index contributed by atoms with van der Waals surface area (Å²) >= 11 is 0. The molecule has 0 N–H and O–H groups in total. The molecule has 0 aliphatic rings. The molecule has 1 aromatic rings. The first-order chi connectivity index (χ1) is 5.34. The summed E-state index contributed by atoms with van der Waals surface area (Å²) in [7, 11) is 2.08. The number of nitrogens with zero attached hydrogens (tertiary/aromatic N) is 2. The van der Waals surface area contributed by atoms with Crippen LogP contribution in [0, 0.1) is 0 Å². The first-order valence-corrected chi connectivity index (χ1v) is 3.95. The van der Waals surface area contributed by atoms with E-state index in [9.17, 15) is 0 Å². The second-order valence-electron chi connectivity index (χ2n) is 2.63. The molecule has 0 aliphatic heterocycles. The summed E-state index contributed by atoms with van der Waals surface area (Å²) in [5, 5.41) is 0. The van der Waals surface area contributed by atoms with E-state index in [4.69, 9.17) is 0 Å². The average molecular weight is 187 g/mol. The van der Waals surface area contributed by atoms with Crippen molar-refractivity contribution in [1.82, 2.24) is 4.98 Å². The van der Waals surface area contributed by atoms with E-state index in [1.54, 1.807) is 6.20 Å². The molecule has 12 heavy (non-hydrogen) atoms. The first kappa shape index (κ1) is 11.2. The number of halogens is 1. The smallest absolute Gasteiger partial charge is 0.0550 e. The number of hydrogen-bond donors (Lipinski definition) is 0. The van der Waals surface area contributed by atoms with Gasteiger partial charge >= 0.3 is 0 Å². The highest BCUT2D eigenvalue weighted by molar-refractivity contribution is 5.85. The third kappa shape index (κ3) is 3.09. The van der Waals surface area contributed by atoms with Gasteiger partial charge in [0.05, 0.1) is 11.9 Å². The summed E-state index contributed by atoms with van der Waals surface area (Å²) in [4.78, 5) is 6.25. The van der Waals surface area contributed by atoms with E-state index in [1.165, 1.54) is 12.1 Å². The molecule has 1 heterocycles. The van der Waals surface area contributed by atoms with E-state index < -0.39 is 0 Å². The molecule has 0 aromatic carbocycles. The Morgan fingerprint density at radius 1 is 1.50 bits per heavy atom. The highest BCUT2D eigenvalue weighted by Gasteiger charge is 1.96. The summed E-state index contributed by atoms with van der Waals surface area (Å²) in [6.07, 6.45) is 4.85. The lowest BCUT2D eigenvalue weighted by Crippen LogP contribution is -2.17. The maximum atomic E-state index is 4.05. The SMILES string of the molecule is CCCN(C)c1cccnc1.Cl. The van der Waals surface area contributed by atoms with Crippen molar-refractivity contribution in [3.8, 4) is 0 Å². The van der Waals surface area contributed by atoms with E-state index in [2.05, 4.69) is 29.9 Å². The molecule has 0 unspecified atom stereocenters. The third-order valence-electron chi connectivity index (χ3n) is 1.65. The van der Waals surface area contributed by atoms with Crippen LogP contribution in [0.4, 0.5) is 5.69 Å². The lowest BCUT2D eigenvalue weighted by atomic mass is 10.3. The minimum absolute atomic E-state index is 0. The predicted molar refractivity (Wildman–Crippen MR) is 55.0 cm³/mol. The zero-order valence-electron chi connectivity index (χ0n) is 7.53. The van der Waals surface area contributed by atoms with Crippen molar-refractivity contribution < 1.29 is 0 Å². The van der Waals surface area contributed by atoms with E-state index in [-0.39, 0.29) is 12.4 Å². The van der Waals surface area contributed by atoms with Gasteiger partial charge in [0.15, 0.2) is 0 Å². The highest BCUT2D eigenvalue weighted by atomic mass is 35.5. The largest absolute Gasteiger partial charge is 0.373 e. The van der Waals surface area contributed by atoms with Gasteiger partial charge in [0, 0.05) is 19.8 Å². The molecule has 0 atom stereocenters. The van der Waals surface area contributed by atoms with Crippen molar-refractivity contribution >= 4 is 18.1 Å². The fourth-order valence-corrected chi connectivity index (χ4v) is 1.04. The zero-order chi connectivity index (χ0) is 8.10. The van der Waals surface area contributed by atoms with Gasteiger partial charge in [-0.15, -0.1) is 12.4 Å². The van der Waals surface area contributed by atoms with Crippen LogP contribution in [-0.2, 0) is 0 Å². The lowest BCUT2D eigenvalue weighted by molar-refractivity contribution is 0.850. The Bertz CT molecular complexity index is 201. The highest BCUT2D eigenvalue weighted by Crippen LogP contribution is 2.08. The molecule has 0 fully saturated rings. The summed E-state index contributed by atoms with van der Waals surface area (Å²) in [6.45, 7) is 3.26. The Kier molecular flexibility index (Phi) is 5.47. The van der Waals surface area contributed by atoms with Crippen molar-refractivity contribution in [3.05, 3.63) is 24.5 Å². The molecule has 1 rings (SSSR count). The van der Waals surface area contributed by atoms with E-state index in [1.807, 2.05) is 12.3 Å². The van der Waals surface area contributed by atoms with Crippen LogP contribution in [0.3, 0.4) is 0 Å². The fourth-order valence-electron chi connectivity index (χ4n) is 1.04. The second-order valence-corrected chi connectivity index (χ2v) is 2.63. The van der Waals surface area contributed by atoms with Crippen LogP contribution in [-0.4, -0.2) is 18.6 Å². The first-order valence-electron chi connectivity index (χ1n) is 3.95. The van der Waals surface area contributed by atoms with Crippen molar-refractivity contribution in [3.63, 3.8) is 0 Å².